The highest BCUT2D eigenvalue weighted by molar-refractivity contribution is 7.99. The molecule has 2 fully saturated rings. The molecule has 0 aromatic carbocycles. The van der Waals surface area contributed by atoms with E-state index in [2.05, 4.69) is 10.6 Å². The van der Waals surface area contributed by atoms with Gasteiger partial charge in [-0.25, -0.2) is 0 Å². The van der Waals surface area contributed by atoms with E-state index in [1.165, 1.54) is 0 Å². The fourth-order valence-corrected chi connectivity index (χ4v) is 2.74. The maximum atomic E-state index is 11.5. The number of carbonyl (C=O) groups excluding carboxylic acids is 1. The van der Waals surface area contributed by atoms with Crippen LogP contribution in [0.1, 0.15) is 12.8 Å². The van der Waals surface area contributed by atoms with Crippen LogP contribution in [0.25, 0.3) is 0 Å². The fraction of sp³-hybridized carbons (Fsp3) is 0.889. The maximum Gasteiger partial charge on any atom is 0.238 e. The van der Waals surface area contributed by atoms with E-state index >= 15 is 0 Å². The van der Waals surface area contributed by atoms with Crippen LogP contribution in [0, 0.1) is 5.92 Å². The zero-order valence-electron chi connectivity index (χ0n) is 8.03. The van der Waals surface area contributed by atoms with Crippen molar-refractivity contribution in [3.63, 3.8) is 0 Å². The van der Waals surface area contributed by atoms with Crippen molar-refractivity contribution in [2.24, 2.45) is 5.92 Å². The normalized spacial score (nSPS) is 36.5. The van der Waals surface area contributed by atoms with Gasteiger partial charge in [-0.05, 0) is 18.8 Å². The first-order valence-corrected chi connectivity index (χ1v) is 6.18. The number of nitrogens with one attached hydrogen (secondary N) is 2. The molecule has 1 aliphatic heterocycles. The molecule has 0 aromatic rings. The molecule has 2 rings (SSSR count). The quantitative estimate of drug-likeness (QED) is 0.597. The van der Waals surface area contributed by atoms with Crippen LogP contribution in [0.15, 0.2) is 0 Å². The Balaban J connectivity index is 1.62. The first-order chi connectivity index (χ1) is 6.75. The van der Waals surface area contributed by atoms with Crippen molar-refractivity contribution in [3.05, 3.63) is 0 Å². The van der Waals surface area contributed by atoms with Gasteiger partial charge in [0.15, 0.2) is 0 Å². The molecular formula is C9H16N2O2S. The lowest BCUT2D eigenvalue weighted by Gasteiger charge is -2.31. The summed E-state index contributed by atoms with van der Waals surface area (Å²) in [6.07, 6.45) is 1.55. The van der Waals surface area contributed by atoms with Gasteiger partial charge < -0.3 is 10.4 Å². The number of hydrogen-bond donors (Lipinski definition) is 3. The number of rotatable bonds is 3. The highest BCUT2D eigenvalue weighted by Crippen LogP contribution is 2.26. The Bertz CT molecular complexity index is 213. The number of hydrogen-bond acceptors (Lipinski definition) is 4. The second-order valence-electron chi connectivity index (χ2n) is 4.01. The second kappa shape index (κ2) is 4.51. The first-order valence-electron chi connectivity index (χ1n) is 5.02. The third-order valence-corrected chi connectivity index (χ3v) is 3.75. The van der Waals surface area contributed by atoms with Gasteiger partial charge in [-0.1, -0.05) is 0 Å². The summed E-state index contributed by atoms with van der Waals surface area (Å²) in [5.74, 6) is 2.35. The Kier molecular flexibility index (Phi) is 3.30. The van der Waals surface area contributed by atoms with Crippen molar-refractivity contribution in [3.8, 4) is 0 Å². The van der Waals surface area contributed by atoms with Crippen molar-refractivity contribution in [1.82, 2.24) is 10.6 Å². The minimum absolute atomic E-state index is 0.00926. The van der Waals surface area contributed by atoms with Crippen molar-refractivity contribution in [2.75, 3.05) is 18.2 Å². The molecule has 80 valence electrons. The van der Waals surface area contributed by atoms with Crippen molar-refractivity contribution in [1.29, 1.82) is 0 Å². The number of aliphatic hydroxyl groups is 1. The summed E-state index contributed by atoms with van der Waals surface area (Å²) in [4.78, 5) is 11.5. The third kappa shape index (κ3) is 2.40. The Morgan fingerprint density at radius 1 is 1.57 bits per heavy atom. The summed E-state index contributed by atoms with van der Waals surface area (Å²) in [7, 11) is 0. The van der Waals surface area contributed by atoms with Crippen LogP contribution in [-0.4, -0.2) is 41.3 Å². The monoisotopic (exact) mass is 216 g/mol. The average molecular weight is 216 g/mol. The summed E-state index contributed by atoms with van der Waals surface area (Å²) in [5, 5.41) is 15.1. The van der Waals surface area contributed by atoms with E-state index in [1.54, 1.807) is 11.8 Å². The number of aliphatic hydroxyl groups excluding tert-OH is 1. The van der Waals surface area contributed by atoms with Crippen LogP contribution in [0.4, 0.5) is 0 Å². The smallest absolute Gasteiger partial charge is 0.238 e. The van der Waals surface area contributed by atoms with Gasteiger partial charge in [0.25, 0.3) is 0 Å². The molecule has 0 radical (unpaired) electrons. The summed E-state index contributed by atoms with van der Waals surface area (Å²) in [6, 6.07) is -0.00926. The molecule has 4 nitrogen and oxygen atoms in total. The Morgan fingerprint density at radius 3 is 2.93 bits per heavy atom. The topological polar surface area (TPSA) is 61.4 Å². The fourth-order valence-electron chi connectivity index (χ4n) is 1.80. The molecule has 1 saturated heterocycles. The van der Waals surface area contributed by atoms with Crippen LogP contribution in [0.2, 0.25) is 0 Å². The van der Waals surface area contributed by atoms with Crippen LogP contribution in [0.3, 0.4) is 0 Å². The molecule has 1 amide bonds. The van der Waals surface area contributed by atoms with E-state index < -0.39 is 0 Å². The molecular weight excluding hydrogens is 200 g/mol. The zero-order valence-corrected chi connectivity index (χ0v) is 8.85. The predicted octanol–water partition coefficient (Wildman–Crippen LogP) is -0.464. The van der Waals surface area contributed by atoms with Gasteiger partial charge in [0, 0.05) is 18.2 Å². The summed E-state index contributed by atoms with van der Waals surface area (Å²) in [5.41, 5.74) is 0. The van der Waals surface area contributed by atoms with Crippen molar-refractivity contribution >= 4 is 17.7 Å². The lowest BCUT2D eigenvalue weighted by Crippen LogP contribution is -2.46. The Hall–Kier alpha value is -0.260. The van der Waals surface area contributed by atoms with Crippen LogP contribution in [0.5, 0.6) is 0 Å². The van der Waals surface area contributed by atoms with E-state index in [0.717, 1.165) is 31.0 Å². The van der Waals surface area contributed by atoms with Gasteiger partial charge in [0.2, 0.25) is 5.91 Å². The standard InChI is InChI=1S/C9H16N2O2S/c12-7-1-6(2-7)3-10-9(13)8-4-14-5-11-8/h6-8,11-12H,1-5H2,(H,10,13). The maximum absolute atomic E-state index is 11.5. The van der Waals surface area contributed by atoms with Gasteiger partial charge in [0.1, 0.15) is 0 Å². The zero-order chi connectivity index (χ0) is 9.97. The molecule has 1 unspecified atom stereocenters. The minimum Gasteiger partial charge on any atom is -0.393 e. The molecule has 1 saturated carbocycles. The number of amides is 1. The van der Waals surface area contributed by atoms with E-state index in [1.807, 2.05) is 0 Å². The predicted molar refractivity (Wildman–Crippen MR) is 56.0 cm³/mol. The third-order valence-electron chi connectivity index (χ3n) is 2.81. The average Bonchev–Trinajstić information content (AvgIpc) is 2.62. The summed E-state index contributed by atoms with van der Waals surface area (Å²) >= 11 is 1.75. The SMILES string of the molecule is O=C(NCC1CC(O)C1)C1CSCN1. The van der Waals surface area contributed by atoms with E-state index in [0.29, 0.717) is 5.92 Å². The lowest BCUT2D eigenvalue weighted by atomic mass is 9.82. The van der Waals surface area contributed by atoms with Gasteiger partial charge in [-0.15, -0.1) is 11.8 Å². The number of carbonyl (C=O) groups is 1. The van der Waals surface area contributed by atoms with E-state index in [4.69, 9.17) is 5.11 Å². The summed E-state index contributed by atoms with van der Waals surface area (Å²) < 4.78 is 0. The molecule has 2 aliphatic rings. The molecule has 1 heterocycles. The van der Waals surface area contributed by atoms with Gasteiger partial charge in [-0.2, -0.15) is 0 Å². The molecule has 14 heavy (non-hydrogen) atoms. The van der Waals surface area contributed by atoms with E-state index in [9.17, 15) is 4.79 Å². The van der Waals surface area contributed by atoms with Crippen molar-refractivity contribution in [2.45, 2.75) is 25.0 Å². The first kappa shape index (κ1) is 10.3. The summed E-state index contributed by atoms with van der Waals surface area (Å²) in [6.45, 7) is 0.721. The highest BCUT2D eigenvalue weighted by Gasteiger charge is 2.28. The van der Waals surface area contributed by atoms with Gasteiger partial charge in [-0.3, -0.25) is 10.1 Å². The Morgan fingerprint density at radius 2 is 2.36 bits per heavy atom. The van der Waals surface area contributed by atoms with Gasteiger partial charge >= 0.3 is 0 Å². The highest BCUT2D eigenvalue weighted by atomic mass is 32.2. The minimum atomic E-state index is -0.128. The Labute approximate surface area is 87.8 Å². The number of thioether (sulfide) groups is 1. The molecule has 0 spiro atoms. The largest absolute Gasteiger partial charge is 0.393 e. The molecule has 0 aromatic heterocycles. The van der Waals surface area contributed by atoms with Gasteiger partial charge in [0.05, 0.1) is 12.1 Å². The molecule has 1 atom stereocenters. The molecule has 1 aliphatic carbocycles. The van der Waals surface area contributed by atoms with Crippen LogP contribution in [-0.2, 0) is 4.79 Å². The lowest BCUT2D eigenvalue weighted by molar-refractivity contribution is -0.123. The van der Waals surface area contributed by atoms with Crippen LogP contribution >= 0.6 is 11.8 Å². The molecule has 3 N–H and O–H groups in total. The second-order valence-corrected chi connectivity index (χ2v) is 5.04. The molecule has 5 heteroatoms. The van der Waals surface area contributed by atoms with Crippen molar-refractivity contribution < 1.29 is 9.90 Å². The van der Waals surface area contributed by atoms with Crippen LogP contribution < -0.4 is 10.6 Å². The molecule has 0 bridgehead atoms. The van der Waals surface area contributed by atoms with E-state index in [-0.39, 0.29) is 18.1 Å².